The number of aromatic amines is 1. The van der Waals surface area contributed by atoms with Gasteiger partial charge in [-0.15, -0.1) is 0 Å². The molecule has 4 aromatic heterocycles. The fraction of sp³-hybridized carbons (Fsp3) is 0.481. The number of hydrogen-bond donors (Lipinski definition) is 3. The molecule has 0 spiro atoms. The minimum Gasteiger partial charge on any atom is -0.367 e. The molecular weight excluding hydrogens is 460 g/mol. The molecule has 7 rings (SSSR count). The number of nitrogens with two attached hydrogens (primary N) is 1. The summed E-state index contributed by atoms with van der Waals surface area (Å²) in [5, 5.41) is 5.50. The van der Waals surface area contributed by atoms with Crippen molar-refractivity contribution in [3.63, 3.8) is 0 Å². The summed E-state index contributed by atoms with van der Waals surface area (Å²) in [5.41, 5.74) is 8.77. The number of aromatic nitrogens is 5. The Bertz CT molecular complexity index is 1490. The smallest absolute Gasteiger partial charge is 0.260 e. The number of alkyl halides is 2. The summed E-state index contributed by atoms with van der Waals surface area (Å²) >= 11 is 0. The van der Waals surface area contributed by atoms with Crippen molar-refractivity contribution in [3.8, 4) is 11.4 Å². The fourth-order valence-electron chi connectivity index (χ4n) is 5.71. The highest BCUT2D eigenvalue weighted by Crippen LogP contribution is 2.61. The Balaban J connectivity index is 1.36. The maximum Gasteiger partial charge on any atom is 0.260 e. The second kappa shape index (κ2) is 7.65. The summed E-state index contributed by atoms with van der Waals surface area (Å²) in [6.07, 6.45) is 11.5. The van der Waals surface area contributed by atoms with Gasteiger partial charge < -0.3 is 16.0 Å². The van der Waals surface area contributed by atoms with Crippen molar-refractivity contribution in [2.24, 2.45) is 5.73 Å². The largest absolute Gasteiger partial charge is 0.367 e. The van der Waals surface area contributed by atoms with E-state index >= 15 is 0 Å². The zero-order chi connectivity index (χ0) is 24.7. The Labute approximate surface area is 207 Å². The Morgan fingerprint density at radius 3 is 2.58 bits per heavy atom. The molecule has 0 radical (unpaired) electrons. The van der Waals surface area contributed by atoms with E-state index in [0.29, 0.717) is 29.1 Å². The summed E-state index contributed by atoms with van der Waals surface area (Å²) in [5.74, 6) is -0.853. The van der Waals surface area contributed by atoms with E-state index in [2.05, 4.69) is 20.3 Å². The van der Waals surface area contributed by atoms with Crippen LogP contribution in [0.1, 0.15) is 69.0 Å². The van der Waals surface area contributed by atoms with Gasteiger partial charge in [0.2, 0.25) is 0 Å². The lowest BCUT2D eigenvalue weighted by molar-refractivity contribution is 0.0912. The van der Waals surface area contributed by atoms with Gasteiger partial charge in [0.25, 0.3) is 5.92 Å². The molecule has 7 nitrogen and oxygen atoms in total. The average Bonchev–Trinajstić information content (AvgIpc) is 3.73. The second-order valence-electron chi connectivity index (χ2n) is 11.1. The van der Waals surface area contributed by atoms with Crippen LogP contribution in [0.15, 0.2) is 30.7 Å². The second-order valence-corrected chi connectivity index (χ2v) is 11.1. The first-order chi connectivity index (χ1) is 17.3. The number of anilines is 1. The monoisotopic (exact) mass is 489 g/mol. The van der Waals surface area contributed by atoms with Crippen molar-refractivity contribution in [2.45, 2.75) is 81.2 Å². The minimum absolute atomic E-state index is 0.163. The van der Waals surface area contributed by atoms with Crippen LogP contribution in [-0.4, -0.2) is 42.9 Å². The molecule has 0 amide bonds. The number of hydrogen-bond acceptors (Lipinski definition) is 6. The third kappa shape index (κ3) is 3.47. The van der Waals surface area contributed by atoms with Crippen LogP contribution >= 0.6 is 0 Å². The Morgan fingerprint density at radius 2 is 1.86 bits per heavy atom. The maximum absolute atomic E-state index is 14.1. The van der Waals surface area contributed by atoms with Crippen LogP contribution in [0.5, 0.6) is 0 Å². The zero-order valence-corrected chi connectivity index (χ0v) is 20.2. The standard InChI is InChI=1S/C27H29F2N7/c1-26(13-27(26,28)29)21-10-18-17(8-9-32-23(18)35-21)24-34-20-12-31-11-19(14-2-3-14)22(20)25(36-24)33-16-6-4-15(30)5-7-16/h8-12,14-16H,2-7,13,30H2,1H3,(H,32,35)(H,33,34,36). The molecule has 3 saturated carbocycles. The summed E-state index contributed by atoms with van der Waals surface area (Å²) < 4.78 is 28.2. The molecule has 9 heteroatoms. The molecule has 0 aromatic carbocycles. The van der Waals surface area contributed by atoms with E-state index < -0.39 is 11.3 Å². The molecule has 1 unspecified atom stereocenters. The van der Waals surface area contributed by atoms with Crippen molar-refractivity contribution >= 4 is 27.8 Å². The number of halogens is 2. The first-order valence-corrected chi connectivity index (χ1v) is 12.9. The lowest BCUT2D eigenvalue weighted by Crippen LogP contribution is -2.33. The van der Waals surface area contributed by atoms with E-state index in [1.807, 2.05) is 12.3 Å². The third-order valence-corrected chi connectivity index (χ3v) is 8.39. The fourth-order valence-corrected chi connectivity index (χ4v) is 5.71. The van der Waals surface area contributed by atoms with Gasteiger partial charge in [0.15, 0.2) is 5.82 Å². The third-order valence-electron chi connectivity index (χ3n) is 8.39. The van der Waals surface area contributed by atoms with E-state index in [-0.39, 0.29) is 12.5 Å². The first kappa shape index (κ1) is 22.0. The zero-order valence-electron chi connectivity index (χ0n) is 20.2. The quantitative estimate of drug-likeness (QED) is 0.346. The van der Waals surface area contributed by atoms with Crippen LogP contribution in [0.2, 0.25) is 0 Å². The van der Waals surface area contributed by atoms with Crippen molar-refractivity contribution in [3.05, 3.63) is 42.0 Å². The van der Waals surface area contributed by atoms with E-state index in [9.17, 15) is 8.78 Å². The van der Waals surface area contributed by atoms with Crippen LogP contribution in [0, 0.1) is 0 Å². The topological polar surface area (TPSA) is 105 Å². The van der Waals surface area contributed by atoms with Crippen LogP contribution in [0.3, 0.4) is 0 Å². The number of nitrogens with one attached hydrogen (secondary N) is 2. The maximum atomic E-state index is 14.1. The molecule has 3 aliphatic carbocycles. The van der Waals surface area contributed by atoms with Crippen molar-refractivity contribution in [1.29, 1.82) is 0 Å². The minimum atomic E-state index is -2.71. The van der Waals surface area contributed by atoms with Gasteiger partial charge in [0, 0.05) is 52.9 Å². The van der Waals surface area contributed by atoms with E-state index in [0.717, 1.165) is 66.2 Å². The van der Waals surface area contributed by atoms with E-state index in [4.69, 9.17) is 15.7 Å². The predicted octanol–water partition coefficient (Wildman–Crippen LogP) is 5.42. The van der Waals surface area contributed by atoms with Crippen LogP contribution in [0.4, 0.5) is 14.6 Å². The van der Waals surface area contributed by atoms with Crippen LogP contribution in [0.25, 0.3) is 33.3 Å². The SMILES string of the molecule is CC1(c2cc3c(-c4nc(NC5CCC(N)CC5)c5c(C6CC6)cncc5n4)ccnc3[nH]2)CC1(F)F. The average molecular weight is 490 g/mol. The normalized spacial score (nSPS) is 27.4. The molecule has 4 aromatic rings. The Kier molecular flexibility index (Phi) is 4.68. The summed E-state index contributed by atoms with van der Waals surface area (Å²) in [4.78, 5) is 22.0. The molecule has 36 heavy (non-hydrogen) atoms. The number of pyridine rings is 2. The van der Waals surface area contributed by atoms with Crippen molar-refractivity contribution in [2.75, 3.05) is 5.32 Å². The van der Waals surface area contributed by atoms with Crippen LogP contribution < -0.4 is 11.1 Å². The van der Waals surface area contributed by atoms with E-state index in [1.54, 1.807) is 25.4 Å². The number of fused-ring (bicyclic) bond motifs is 2. The number of nitrogens with zero attached hydrogens (tertiary/aromatic N) is 4. The molecular formula is C27H29F2N7. The van der Waals surface area contributed by atoms with Crippen molar-refractivity contribution in [1.82, 2.24) is 24.9 Å². The van der Waals surface area contributed by atoms with Gasteiger partial charge in [0.05, 0.1) is 17.1 Å². The summed E-state index contributed by atoms with van der Waals surface area (Å²) in [6.45, 7) is 1.59. The van der Waals surface area contributed by atoms with Gasteiger partial charge in [-0.05, 0) is 69.1 Å². The Hall–Kier alpha value is -3.20. The number of H-pyrrole nitrogens is 1. The molecule has 0 aliphatic heterocycles. The lowest BCUT2D eigenvalue weighted by Gasteiger charge is -2.28. The van der Waals surface area contributed by atoms with E-state index in [1.165, 1.54) is 5.56 Å². The molecule has 4 N–H and O–H groups in total. The van der Waals surface area contributed by atoms with Crippen LogP contribution in [-0.2, 0) is 5.41 Å². The Morgan fingerprint density at radius 1 is 1.08 bits per heavy atom. The van der Waals surface area contributed by atoms with Gasteiger partial charge in [0.1, 0.15) is 11.5 Å². The van der Waals surface area contributed by atoms with Gasteiger partial charge in [-0.25, -0.2) is 23.7 Å². The van der Waals surface area contributed by atoms with Gasteiger partial charge in [-0.2, -0.15) is 0 Å². The highest BCUT2D eigenvalue weighted by atomic mass is 19.3. The summed E-state index contributed by atoms with van der Waals surface area (Å²) in [7, 11) is 0. The molecule has 1 atom stereocenters. The highest BCUT2D eigenvalue weighted by Gasteiger charge is 2.69. The molecule has 186 valence electrons. The predicted molar refractivity (Wildman–Crippen MR) is 135 cm³/mol. The van der Waals surface area contributed by atoms with Gasteiger partial charge in [-0.3, -0.25) is 4.98 Å². The number of rotatable bonds is 5. The molecule has 3 fully saturated rings. The molecule has 0 saturated heterocycles. The van der Waals surface area contributed by atoms with Gasteiger partial charge in [-0.1, -0.05) is 0 Å². The van der Waals surface area contributed by atoms with Gasteiger partial charge >= 0.3 is 0 Å². The molecule has 0 bridgehead atoms. The first-order valence-electron chi connectivity index (χ1n) is 12.9. The molecule has 3 aliphatic rings. The highest BCUT2D eigenvalue weighted by molar-refractivity contribution is 5.97. The molecule has 4 heterocycles. The summed E-state index contributed by atoms with van der Waals surface area (Å²) in [6, 6.07) is 4.21. The lowest BCUT2D eigenvalue weighted by atomic mass is 9.91. The van der Waals surface area contributed by atoms with Crippen molar-refractivity contribution < 1.29 is 8.78 Å².